The standard InChI is InChI=1S/C10H14N6OS/c11-7-2-4-16(15-7)3-1-5-18-10-13-8(12)6-9(17)14-10/h2,4,6H,1,3,5H2,(H2,11,15)(H3,12,13,14,17). The first kappa shape index (κ1) is 12.5. The Labute approximate surface area is 108 Å². The summed E-state index contributed by atoms with van der Waals surface area (Å²) < 4.78 is 1.78. The van der Waals surface area contributed by atoms with Crippen molar-refractivity contribution in [2.45, 2.75) is 18.1 Å². The van der Waals surface area contributed by atoms with Crippen LogP contribution in [0.5, 0.6) is 0 Å². The lowest BCUT2D eigenvalue weighted by atomic mass is 10.5. The van der Waals surface area contributed by atoms with Crippen LogP contribution in [0.25, 0.3) is 0 Å². The summed E-state index contributed by atoms with van der Waals surface area (Å²) in [7, 11) is 0. The van der Waals surface area contributed by atoms with Crippen molar-refractivity contribution in [2.75, 3.05) is 17.2 Å². The summed E-state index contributed by atoms with van der Waals surface area (Å²) >= 11 is 1.46. The second kappa shape index (κ2) is 5.58. The molecule has 0 spiro atoms. The van der Waals surface area contributed by atoms with Crippen LogP contribution < -0.4 is 17.0 Å². The van der Waals surface area contributed by atoms with E-state index in [4.69, 9.17) is 11.5 Å². The van der Waals surface area contributed by atoms with Gasteiger partial charge in [-0.1, -0.05) is 11.8 Å². The molecule has 2 aromatic rings. The van der Waals surface area contributed by atoms with E-state index in [1.807, 2.05) is 6.20 Å². The molecule has 0 radical (unpaired) electrons. The zero-order valence-electron chi connectivity index (χ0n) is 9.67. The van der Waals surface area contributed by atoms with Crippen molar-refractivity contribution in [1.82, 2.24) is 19.7 Å². The summed E-state index contributed by atoms with van der Waals surface area (Å²) in [6, 6.07) is 3.01. The van der Waals surface area contributed by atoms with Crippen LogP contribution in [-0.2, 0) is 6.54 Å². The smallest absolute Gasteiger partial charge is 0.253 e. The summed E-state index contributed by atoms with van der Waals surface area (Å²) in [4.78, 5) is 17.8. The molecule has 0 bridgehead atoms. The number of nitrogens with one attached hydrogen (secondary N) is 1. The molecule has 0 unspecified atom stereocenters. The lowest BCUT2D eigenvalue weighted by Gasteiger charge is -2.02. The molecule has 0 aliphatic rings. The molecule has 0 fully saturated rings. The van der Waals surface area contributed by atoms with Crippen LogP contribution in [0.2, 0.25) is 0 Å². The molecule has 2 aromatic heterocycles. The van der Waals surface area contributed by atoms with Crippen molar-refractivity contribution in [2.24, 2.45) is 0 Å². The second-order valence-electron chi connectivity index (χ2n) is 3.68. The van der Waals surface area contributed by atoms with Crippen LogP contribution in [0, 0.1) is 0 Å². The van der Waals surface area contributed by atoms with Crippen LogP contribution >= 0.6 is 11.8 Å². The minimum Gasteiger partial charge on any atom is -0.383 e. The zero-order valence-corrected chi connectivity index (χ0v) is 10.5. The van der Waals surface area contributed by atoms with Crippen molar-refractivity contribution < 1.29 is 0 Å². The average molecular weight is 266 g/mol. The molecule has 0 aromatic carbocycles. The number of nitrogen functional groups attached to an aromatic ring is 2. The van der Waals surface area contributed by atoms with Gasteiger partial charge in [-0.05, 0) is 12.5 Å². The first-order valence-electron chi connectivity index (χ1n) is 5.42. The number of aromatic nitrogens is 4. The number of rotatable bonds is 5. The number of hydrogen-bond donors (Lipinski definition) is 3. The molecule has 5 N–H and O–H groups in total. The normalized spacial score (nSPS) is 10.7. The van der Waals surface area contributed by atoms with Crippen LogP contribution in [0.4, 0.5) is 11.6 Å². The number of hydrogen-bond acceptors (Lipinski definition) is 6. The van der Waals surface area contributed by atoms with Crippen LogP contribution in [0.15, 0.2) is 28.3 Å². The number of H-pyrrole nitrogens is 1. The summed E-state index contributed by atoms with van der Waals surface area (Å²) in [5.74, 6) is 1.57. The Morgan fingerprint density at radius 2 is 2.22 bits per heavy atom. The molecule has 18 heavy (non-hydrogen) atoms. The number of nitrogens with zero attached hydrogens (tertiary/aromatic N) is 3. The SMILES string of the molecule is Nc1cc(=O)[nH]c(SCCCn2ccc(N)n2)n1. The van der Waals surface area contributed by atoms with E-state index < -0.39 is 0 Å². The molecule has 2 heterocycles. The fourth-order valence-electron chi connectivity index (χ4n) is 1.42. The number of nitrogens with two attached hydrogens (primary N) is 2. The van der Waals surface area contributed by atoms with Crippen LogP contribution in [0.3, 0.4) is 0 Å². The van der Waals surface area contributed by atoms with E-state index in [1.165, 1.54) is 17.8 Å². The van der Waals surface area contributed by atoms with Gasteiger partial charge in [0.15, 0.2) is 5.16 Å². The van der Waals surface area contributed by atoms with Gasteiger partial charge in [0.05, 0.1) is 0 Å². The third-order valence-corrected chi connectivity index (χ3v) is 3.13. The van der Waals surface area contributed by atoms with E-state index >= 15 is 0 Å². The third kappa shape index (κ3) is 3.52. The largest absolute Gasteiger partial charge is 0.383 e. The minimum atomic E-state index is -0.232. The Hall–Kier alpha value is -1.96. The predicted octanol–water partition coefficient (Wildman–Crippen LogP) is 0.313. The Morgan fingerprint density at radius 3 is 2.89 bits per heavy atom. The highest BCUT2D eigenvalue weighted by Crippen LogP contribution is 2.13. The van der Waals surface area contributed by atoms with Gasteiger partial charge in [0.1, 0.15) is 11.6 Å². The fraction of sp³-hybridized carbons (Fsp3) is 0.300. The van der Waals surface area contributed by atoms with Gasteiger partial charge < -0.3 is 16.5 Å². The first-order chi connectivity index (χ1) is 8.63. The van der Waals surface area contributed by atoms with E-state index in [-0.39, 0.29) is 11.4 Å². The monoisotopic (exact) mass is 266 g/mol. The second-order valence-corrected chi connectivity index (χ2v) is 4.76. The maximum Gasteiger partial charge on any atom is 0.253 e. The molecule has 0 saturated carbocycles. The quantitative estimate of drug-likeness (QED) is 0.407. The van der Waals surface area contributed by atoms with Crippen molar-refractivity contribution in [3.8, 4) is 0 Å². The molecule has 7 nitrogen and oxygen atoms in total. The van der Waals surface area contributed by atoms with E-state index in [0.717, 1.165) is 18.7 Å². The van der Waals surface area contributed by atoms with Gasteiger partial charge in [-0.3, -0.25) is 9.48 Å². The lowest BCUT2D eigenvalue weighted by molar-refractivity contribution is 0.608. The highest BCUT2D eigenvalue weighted by Gasteiger charge is 2.00. The Morgan fingerprint density at radius 1 is 1.39 bits per heavy atom. The molecule has 0 amide bonds. The maximum absolute atomic E-state index is 11.2. The average Bonchev–Trinajstić information content (AvgIpc) is 2.69. The highest BCUT2D eigenvalue weighted by atomic mass is 32.2. The molecular weight excluding hydrogens is 252 g/mol. The van der Waals surface area contributed by atoms with E-state index in [1.54, 1.807) is 10.7 Å². The van der Waals surface area contributed by atoms with Gasteiger partial charge in [-0.25, -0.2) is 4.98 Å². The van der Waals surface area contributed by atoms with E-state index in [9.17, 15) is 4.79 Å². The summed E-state index contributed by atoms with van der Waals surface area (Å²) in [5, 5.41) is 4.62. The topological polar surface area (TPSA) is 116 Å². The fourth-order valence-corrected chi connectivity index (χ4v) is 2.23. The van der Waals surface area contributed by atoms with Gasteiger partial charge in [0, 0.05) is 24.6 Å². The number of aryl methyl sites for hydroxylation is 1. The van der Waals surface area contributed by atoms with E-state index in [2.05, 4.69) is 15.1 Å². The van der Waals surface area contributed by atoms with Gasteiger partial charge in [-0.2, -0.15) is 5.10 Å². The van der Waals surface area contributed by atoms with Crippen molar-refractivity contribution in [3.63, 3.8) is 0 Å². The molecule has 0 saturated heterocycles. The molecule has 96 valence electrons. The van der Waals surface area contributed by atoms with Crippen molar-refractivity contribution in [1.29, 1.82) is 0 Å². The molecule has 2 rings (SSSR count). The predicted molar refractivity (Wildman–Crippen MR) is 71.3 cm³/mol. The van der Waals surface area contributed by atoms with Crippen LogP contribution in [0.1, 0.15) is 6.42 Å². The lowest BCUT2D eigenvalue weighted by Crippen LogP contribution is -2.09. The minimum absolute atomic E-state index is 0.232. The van der Waals surface area contributed by atoms with E-state index in [0.29, 0.717) is 11.0 Å². The summed E-state index contributed by atoms with van der Waals surface area (Å²) in [6.07, 6.45) is 2.73. The molecule has 8 heteroatoms. The molecule has 0 aliphatic heterocycles. The zero-order chi connectivity index (χ0) is 13.0. The third-order valence-electron chi connectivity index (χ3n) is 2.17. The molecule has 0 aliphatic carbocycles. The Kier molecular flexibility index (Phi) is 3.88. The Bertz CT molecular complexity index is 578. The van der Waals surface area contributed by atoms with Gasteiger partial charge in [-0.15, -0.1) is 0 Å². The molecule has 0 atom stereocenters. The summed E-state index contributed by atoms with van der Waals surface area (Å²) in [5.41, 5.74) is 10.8. The van der Waals surface area contributed by atoms with Gasteiger partial charge in [0.25, 0.3) is 5.56 Å². The number of thioether (sulfide) groups is 1. The molecular formula is C10H14N6OS. The van der Waals surface area contributed by atoms with Gasteiger partial charge in [0.2, 0.25) is 0 Å². The van der Waals surface area contributed by atoms with Crippen molar-refractivity contribution >= 4 is 23.4 Å². The number of aromatic amines is 1. The van der Waals surface area contributed by atoms with Crippen LogP contribution in [-0.4, -0.2) is 25.5 Å². The maximum atomic E-state index is 11.2. The number of anilines is 2. The van der Waals surface area contributed by atoms with Crippen molar-refractivity contribution in [3.05, 3.63) is 28.7 Å². The highest BCUT2D eigenvalue weighted by molar-refractivity contribution is 7.99. The summed E-state index contributed by atoms with van der Waals surface area (Å²) in [6.45, 7) is 0.775. The first-order valence-corrected chi connectivity index (χ1v) is 6.40. The Balaban J connectivity index is 1.80. The van der Waals surface area contributed by atoms with Gasteiger partial charge >= 0.3 is 0 Å².